The minimum absolute atomic E-state index is 0.135. The number of nitrogens with zero attached hydrogens (tertiary/aromatic N) is 3. The number of sulfonamides is 1. The third kappa shape index (κ3) is 2.06. The molecule has 0 fully saturated rings. The van der Waals surface area contributed by atoms with Crippen LogP contribution in [0, 0.1) is 0 Å². The van der Waals surface area contributed by atoms with Crippen molar-refractivity contribution in [3.63, 3.8) is 0 Å². The lowest BCUT2D eigenvalue weighted by atomic mass is 10.2. The van der Waals surface area contributed by atoms with Gasteiger partial charge in [-0.25, -0.2) is 13.2 Å². The highest BCUT2D eigenvalue weighted by Gasteiger charge is 2.34. The molecule has 24 heavy (non-hydrogen) atoms. The molecule has 8 heteroatoms. The SMILES string of the molecule is CC1c2cccn2CCN1S(=O)(=O)c1ccc2c(c1)oc(=O)n2C. The van der Waals surface area contributed by atoms with Gasteiger partial charge in [-0.3, -0.25) is 4.57 Å². The van der Waals surface area contributed by atoms with Crippen LogP contribution in [0.3, 0.4) is 0 Å². The van der Waals surface area contributed by atoms with Crippen LogP contribution >= 0.6 is 0 Å². The fraction of sp³-hybridized carbons (Fsp3) is 0.312. The van der Waals surface area contributed by atoms with Crippen LogP contribution in [0.1, 0.15) is 18.7 Å². The Hall–Kier alpha value is -2.32. The number of benzene rings is 1. The van der Waals surface area contributed by atoms with Gasteiger partial charge in [0.1, 0.15) is 0 Å². The summed E-state index contributed by atoms with van der Waals surface area (Å²) in [4.78, 5) is 11.7. The molecule has 3 heterocycles. The number of oxazole rings is 1. The molecule has 0 spiro atoms. The summed E-state index contributed by atoms with van der Waals surface area (Å²) in [5.74, 6) is -0.510. The van der Waals surface area contributed by atoms with Crippen LogP contribution in [0.25, 0.3) is 11.1 Å². The topological polar surface area (TPSA) is 77.5 Å². The average Bonchev–Trinajstić information content (AvgIpc) is 3.13. The molecule has 4 rings (SSSR count). The van der Waals surface area contributed by atoms with E-state index in [1.54, 1.807) is 13.1 Å². The lowest BCUT2D eigenvalue weighted by Crippen LogP contribution is -2.40. The highest BCUT2D eigenvalue weighted by atomic mass is 32.2. The van der Waals surface area contributed by atoms with Crippen LogP contribution in [0.5, 0.6) is 0 Å². The van der Waals surface area contributed by atoms with E-state index in [1.807, 2.05) is 25.3 Å². The molecule has 1 atom stereocenters. The maximum Gasteiger partial charge on any atom is 0.419 e. The monoisotopic (exact) mass is 347 g/mol. The van der Waals surface area contributed by atoms with Gasteiger partial charge < -0.3 is 8.98 Å². The van der Waals surface area contributed by atoms with Crippen molar-refractivity contribution in [1.82, 2.24) is 13.4 Å². The summed E-state index contributed by atoms with van der Waals surface area (Å²) in [5.41, 5.74) is 1.81. The zero-order valence-corrected chi connectivity index (χ0v) is 14.2. The Morgan fingerprint density at radius 2 is 2.00 bits per heavy atom. The van der Waals surface area contributed by atoms with Gasteiger partial charge >= 0.3 is 5.76 Å². The van der Waals surface area contributed by atoms with Crippen LogP contribution in [0.15, 0.2) is 50.6 Å². The minimum Gasteiger partial charge on any atom is -0.408 e. The summed E-state index contributed by atoms with van der Waals surface area (Å²) < 4.78 is 36.1. The van der Waals surface area contributed by atoms with Gasteiger partial charge in [0.25, 0.3) is 0 Å². The van der Waals surface area contributed by atoms with E-state index in [-0.39, 0.29) is 16.5 Å². The molecule has 0 amide bonds. The van der Waals surface area contributed by atoms with Gasteiger partial charge in [-0.05, 0) is 31.2 Å². The predicted octanol–water partition coefficient (Wildman–Crippen LogP) is 1.70. The molecule has 3 aromatic rings. The zero-order chi connectivity index (χ0) is 17.1. The highest BCUT2D eigenvalue weighted by molar-refractivity contribution is 7.89. The van der Waals surface area contributed by atoms with Gasteiger partial charge in [-0.1, -0.05) is 0 Å². The second-order valence-electron chi connectivity index (χ2n) is 5.97. The van der Waals surface area contributed by atoms with Crippen LogP contribution < -0.4 is 5.76 Å². The van der Waals surface area contributed by atoms with Crippen molar-refractivity contribution in [3.05, 3.63) is 52.8 Å². The first-order valence-electron chi connectivity index (χ1n) is 7.66. The molecule has 1 aliphatic rings. The van der Waals surface area contributed by atoms with Gasteiger partial charge in [-0.2, -0.15) is 4.31 Å². The van der Waals surface area contributed by atoms with E-state index in [1.165, 1.54) is 21.0 Å². The maximum atomic E-state index is 13.1. The van der Waals surface area contributed by atoms with Crippen molar-refractivity contribution in [2.24, 2.45) is 7.05 Å². The Bertz CT molecular complexity index is 1090. The lowest BCUT2D eigenvalue weighted by Gasteiger charge is -2.33. The number of aryl methyl sites for hydroxylation is 1. The first-order chi connectivity index (χ1) is 11.4. The summed E-state index contributed by atoms with van der Waals surface area (Å²) in [6.07, 6.45) is 1.96. The number of fused-ring (bicyclic) bond motifs is 2. The van der Waals surface area contributed by atoms with Crippen molar-refractivity contribution in [2.45, 2.75) is 24.4 Å². The fourth-order valence-corrected chi connectivity index (χ4v) is 4.91. The summed E-state index contributed by atoms with van der Waals surface area (Å²) in [6, 6.07) is 8.15. The maximum absolute atomic E-state index is 13.1. The molecular formula is C16H17N3O4S. The Kier molecular flexibility index (Phi) is 3.23. The van der Waals surface area contributed by atoms with Gasteiger partial charge in [0.05, 0.1) is 16.5 Å². The Morgan fingerprint density at radius 3 is 2.79 bits per heavy atom. The molecule has 1 aromatic carbocycles. The van der Waals surface area contributed by atoms with Crippen LogP contribution in [0.2, 0.25) is 0 Å². The average molecular weight is 347 g/mol. The minimum atomic E-state index is -3.68. The zero-order valence-electron chi connectivity index (χ0n) is 13.3. The summed E-state index contributed by atoms with van der Waals surface area (Å²) >= 11 is 0. The van der Waals surface area contributed by atoms with Crippen LogP contribution in [-0.4, -0.2) is 28.4 Å². The number of hydrogen-bond donors (Lipinski definition) is 0. The van der Waals surface area contributed by atoms with Crippen molar-refractivity contribution >= 4 is 21.1 Å². The molecule has 0 saturated heterocycles. The predicted molar refractivity (Wildman–Crippen MR) is 88.2 cm³/mol. The van der Waals surface area contributed by atoms with E-state index in [0.29, 0.717) is 18.6 Å². The second-order valence-corrected chi connectivity index (χ2v) is 7.87. The molecule has 126 valence electrons. The van der Waals surface area contributed by atoms with E-state index in [0.717, 1.165) is 5.69 Å². The van der Waals surface area contributed by atoms with Gasteiger partial charge in [0.2, 0.25) is 10.0 Å². The smallest absolute Gasteiger partial charge is 0.408 e. The molecule has 0 aliphatic carbocycles. The van der Waals surface area contributed by atoms with E-state index in [4.69, 9.17) is 4.42 Å². The standard InChI is InChI=1S/C16H17N3O4S/c1-11-13-4-3-7-18(13)8-9-19(11)24(21,22)12-5-6-14-15(10-12)23-16(20)17(14)2/h3-7,10-11H,8-9H2,1-2H3. The third-order valence-electron chi connectivity index (χ3n) is 4.66. The molecule has 1 aliphatic heterocycles. The van der Waals surface area contributed by atoms with Gasteiger partial charge in [0, 0.05) is 38.1 Å². The van der Waals surface area contributed by atoms with E-state index in [9.17, 15) is 13.2 Å². The number of rotatable bonds is 2. The molecule has 7 nitrogen and oxygen atoms in total. The highest BCUT2D eigenvalue weighted by Crippen LogP contribution is 2.31. The summed E-state index contributed by atoms with van der Waals surface area (Å²) in [5, 5.41) is 0. The van der Waals surface area contributed by atoms with E-state index < -0.39 is 15.8 Å². The normalized spacial score (nSPS) is 18.8. The van der Waals surface area contributed by atoms with Crippen LogP contribution in [0.4, 0.5) is 0 Å². The first-order valence-corrected chi connectivity index (χ1v) is 9.10. The van der Waals surface area contributed by atoms with E-state index in [2.05, 4.69) is 4.57 Å². The quantitative estimate of drug-likeness (QED) is 0.707. The molecule has 1 unspecified atom stereocenters. The van der Waals surface area contributed by atoms with Gasteiger partial charge in [0.15, 0.2) is 5.58 Å². The first kappa shape index (κ1) is 15.2. The molecule has 0 N–H and O–H groups in total. The molecule has 0 bridgehead atoms. The third-order valence-corrected chi connectivity index (χ3v) is 6.62. The largest absolute Gasteiger partial charge is 0.419 e. The Labute approximate surface area is 138 Å². The number of hydrogen-bond acceptors (Lipinski definition) is 4. The number of aromatic nitrogens is 2. The van der Waals surface area contributed by atoms with E-state index >= 15 is 0 Å². The van der Waals surface area contributed by atoms with Crippen LogP contribution in [-0.2, 0) is 23.6 Å². The Morgan fingerprint density at radius 1 is 1.21 bits per heavy atom. The molecule has 0 radical (unpaired) electrons. The molecular weight excluding hydrogens is 330 g/mol. The molecule has 0 saturated carbocycles. The Balaban J connectivity index is 1.79. The second kappa shape index (κ2) is 5.09. The lowest BCUT2D eigenvalue weighted by molar-refractivity contribution is 0.282. The fourth-order valence-electron chi connectivity index (χ4n) is 3.30. The van der Waals surface area contributed by atoms with Crippen molar-refractivity contribution < 1.29 is 12.8 Å². The van der Waals surface area contributed by atoms with Crippen molar-refractivity contribution in [1.29, 1.82) is 0 Å². The molecule has 2 aromatic heterocycles. The van der Waals surface area contributed by atoms with Crippen molar-refractivity contribution in [2.75, 3.05) is 6.54 Å². The summed E-state index contributed by atoms with van der Waals surface area (Å²) in [7, 11) is -2.09. The van der Waals surface area contributed by atoms with Gasteiger partial charge in [-0.15, -0.1) is 0 Å². The van der Waals surface area contributed by atoms with Crippen molar-refractivity contribution in [3.8, 4) is 0 Å². The summed E-state index contributed by atoms with van der Waals surface area (Å²) in [6.45, 7) is 2.90.